The van der Waals surface area contributed by atoms with Crippen LogP contribution in [0.5, 0.6) is 0 Å². The molecule has 1 aliphatic rings. The molecule has 0 aromatic carbocycles. The van der Waals surface area contributed by atoms with Crippen LogP contribution in [0.1, 0.15) is 41.8 Å². The molecule has 24 heavy (non-hydrogen) atoms. The van der Waals surface area contributed by atoms with E-state index in [0.29, 0.717) is 10.2 Å². The normalized spacial score (nSPS) is 16.6. The van der Waals surface area contributed by atoms with Gasteiger partial charge in [0, 0.05) is 49.6 Å². The van der Waals surface area contributed by atoms with Gasteiger partial charge in [-0.05, 0) is 15.9 Å². The number of piperazine rings is 1. The Hall–Kier alpha value is -1.18. The van der Waals surface area contributed by atoms with Crippen LogP contribution in [-0.4, -0.2) is 46.9 Å². The van der Waals surface area contributed by atoms with Crippen LogP contribution in [0, 0.1) is 0 Å². The summed E-state index contributed by atoms with van der Waals surface area (Å²) in [5.41, 5.74) is 1.83. The first-order valence-electron chi connectivity index (χ1n) is 8.03. The largest absolute Gasteiger partial charge is 0.457 e. The van der Waals surface area contributed by atoms with Gasteiger partial charge in [-0.2, -0.15) is 0 Å². The molecule has 2 aromatic rings. The Kier molecular flexibility index (Phi) is 5.13. The highest BCUT2D eigenvalue weighted by Gasteiger charge is 2.24. The number of carbonyl (C=O) groups is 1. The third kappa shape index (κ3) is 4.07. The third-order valence-corrected chi connectivity index (χ3v) is 5.79. The zero-order valence-corrected chi connectivity index (χ0v) is 16.6. The zero-order chi connectivity index (χ0) is 17.3. The standard InChI is InChI=1S/C17H22BrN3O2S/c1-17(2,3)16-19-13(11-24-16)9-20-4-6-21(7-5-20)15(22)12-8-14(18)23-10-12/h8,10-11H,4-7,9H2,1-3H3. The Labute approximate surface area is 154 Å². The Morgan fingerprint density at radius 1 is 1.33 bits per heavy atom. The molecule has 0 atom stereocenters. The predicted molar refractivity (Wildman–Crippen MR) is 98.4 cm³/mol. The summed E-state index contributed by atoms with van der Waals surface area (Å²) in [6, 6.07) is 1.72. The fraction of sp³-hybridized carbons (Fsp3) is 0.529. The van der Waals surface area contributed by atoms with E-state index < -0.39 is 0 Å². The van der Waals surface area contributed by atoms with Crippen LogP contribution >= 0.6 is 27.3 Å². The van der Waals surface area contributed by atoms with E-state index in [1.807, 2.05) is 4.90 Å². The van der Waals surface area contributed by atoms with Crippen molar-refractivity contribution in [3.05, 3.63) is 38.6 Å². The second-order valence-corrected chi connectivity index (χ2v) is 8.74. The number of carbonyl (C=O) groups excluding carboxylic acids is 1. The molecule has 0 aliphatic carbocycles. The lowest BCUT2D eigenvalue weighted by Crippen LogP contribution is -2.48. The van der Waals surface area contributed by atoms with Gasteiger partial charge in [-0.3, -0.25) is 9.69 Å². The summed E-state index contributed by atoms with van der Waals surface area (Å²) >= 11 is 4.97. The Balaban J connectivity index is 1.54. The summed E-state index contributed by atoms with van der Waals surface area (Å²) in [4.78, 5) is 21.4. The molecule has 0 bridgehead atoms. The van der Waals surface area contributed by atoms with E-state index in [2.05, 4.69) is 47.0 Å². The van der Waals surface area contributed by atoms with Crippen LogP contribution in [0.15, 0.2) is 26.8 Å². The molecule has 3 heterocycles. The van der Waals surface area contributed by atoms with Gasteiger partial charge in [0.25, 0.3) is 5.91 Å². The Morgan fingerprint density at radius 3 is 2.58 bits per heavy atom. The molecule has 7 heteroatoms. The van der Waals surface area contributed by atoms with E-state index in [1.165, 1.54) is 11.3 Å². The molecule has 3 rings (SSSR count). The van der Waals surface area contributed by atoms with E-state index >= 15 is 0 Å². The average molecular weight is 412 g/mol. The fourth-order valence-electron chi connectivity index (χ4n) is 2.67. The van der Waals surface area contributed by atoms with Crippen LogP contribution in [0.3, 0.4) is 0 Å². The maximum Gasteiger partial charge on any atom is 0.257 e. The molecule has 5 nitrogen and oxygen atoms in total. The van der Waals surface area contributed by atoms with E-state index in [4.69, 9.17) is 9.40 Å². The molecular formula is C17H22BrN3O2S. The molecule has 0 N–H and O–H groups in total. The van der Waals surface area contributed by atoms with Crippen LogP contribution in [-0.2, 0) is 12.0 Å². The lowest BCUT2D eigenvalue weighted by Gasteiger charge is -2.34. The van der Waals surface area contributed by atoms with Gasteiger partial charge in [-0.1, -0.05) is 20.8 Å². The summed E-state index contributed by atoms with van der Waals surface area (Å²) < 4.78 is 5.74. The second-order valence-electron chi connectivity index (χ2n) is 7.10. The Morgan fingerprint density at radius 2 is 2.04 bits per heavy atom. The van der Waals surface area contributed by atoms with E-state index in [9.17, 15) is 4.79 Å². The highest BCUT2D eigenvalue weighted by atomic mass is 79.9. The van der Waals surface area contributed by atoms with Gasteiger partial charge >= 0.3 is 0 Å². The molecule has 1 saturated heterocycles. The molecule has 1 aliphatic heterocycles. The van der Waals surface area contributed by atoms with Gasteiger partial charge in [0.1, 0.15) is 6.26 Å². The number of furan rings is 1. The number of thiazole rings is 1. The minimum Gasteiger partial charge on any atom is -0.457 e. The molecule has 0 saturated carbocycles. The summed E-state index contributed by atoms with van der Waals surface area (Å²) in [5, 5.41) is 3.33. The fourth-order valence-corrected chi connectivity index (χ4v) is 3.91. The van der Waals surface area contributed by atoms with Gasteiger partial charge in [0.2, 0.25) is 0 Å². The van der Waals surface area contributed by atoms with Crippen molar-refractivity contribution in [2.75, 3.05) is 26.2 Å². The van der Waals surface area contributed by atoms with Crippen LogP contribution in [0.25, 0.3) is 0 Å². The van der Waals surface area contributed by atoms with E-state index in [0.717, 1.165) is 38.4 Å². The quantitative estimate of drug-likeness (QED) is 0.771. The lowest BCUT2D eigenvalue weighted by molar-refractivity contribution is 0.0626. The average Bonchev–Trinajstić information content (AvgIpc) is 3.16. The number of amides is 1. The van der Waals surface area contributed by atoms with Gasteiger partial charge in [0.05, 0.1) is 16.3 Å². The van der Waals surface area contributed by atoms with Crippen LogP contribution < -0.4 is 0 Å². The number of hydrogen-bond acceptors (Lipinski definition) is 5. The first-order chi connectivity index (χ1) is 11.3. The SMILES string of the molecule is CC(C)(C)c1nc(CN2CCN(C(=O)c3coc(Br)c3)CC2)cs1. The maximum atomic E-state index is 12.4. The molecule has 130 valence electrons. The summed E-state index contributed by atoms with van der Waals surface area (Å²) in [7, 11) is 0. The summed E-state index contributed by atoms with van der Waals surface area (Å²) in [6.45, 7) is 10.6. The molecule has 2 aromatic heterocycles. The van der Waals surface area contributed by atoms with Crippen LogP contribution in [0.2, 0.25) is 0 Å². The number of halogens is 1. The van der Waals surface area contributed by atoms with Crippen molar-refractivity contribution in [3.63, 3.8) is 0 Å². The van der Waals surface area contributed by atoms with Gasteiger partial charge in [0.15, 0.2) is 4.67 Å². The molecule has 0 unspecified atom stereocenters. The van der Waals surface area contributed by atoms with Crippen molar-refractivity contribution in [1.82, 2.24) is 14.8 Å². The van der Waals surface area contributed by atoms with Crippen molar-refractivity contribution >= 4 is 33.2 Å². The van der Waals surface area contributed by atoms with Gasteiger partial charge < -0.3 is 9.32 Å². The smallest absolute Gasteiger partial charge is 0.257 e. The Bertz CT molecular complexity index is 711. The predicted octanol–water partition coefficient (Wildman–Crippen LogP) is 3.75. The van der Waals surface area contributed by atoms with Crippen molar-refractivity contribution in [3.8, 4) is 0 Å². The van der Waals surface area contributed by atoms with Gasteiger partial charge in [-0.15, -0.1) is 11.3 Å². The molecule has 0 spiro atoms. The highest BCUT2D eigenvalue weighted by molar-refractivity contribution is 9.10. The number of nitrogens with zero attached hydrogens (tertiary/aromatic N) is 3. The summed E-state index contributed by atoms with van der Waals surface area (Å²) in [6.07, 6.45) is 1.50. The van der Waals surface area contributed by atoms with E-state index in [1.54, 1.807) is 17.4 Å². The molecule has 1 fully saturated rings. The van der Waals surface area contributed by atoms with Gasteiger partial charge in [-0.25, -0.2) is 4.98 Å². The first kappa shape index (κ1) is 17.6. The van der Waals surface area contributed by atoms with E-state index in [-0.39, 0.29) is 11.3 Å². The second kappa shape index (κ2) is 6.98. The third-order valence-electron chi connectivity index (χ3n) is 4.05. The molecule has 0 radical (unpaired) electrons. The van der Waals surface area contributed by atoms with Crippen molar-refractivity contribution < 1.29 is 9.21 Å². The maximum absolute atomic E-state index is 12.4. The topological polar surface area (TPSA) is 49.6 Å². The number of hydrogen-bond donors (Lipinski definition) is 0. The summed E-state index contributed by atoms with van der Waals surface area (Å²) in [5.74, 6) is 0.0350. The lowest BCUT2D eigenvalue weighted by atomic mass is 9.98. The first-order valence-corrected chi connectivity index (χ1v) is 9.71. The van der Waals surface area contributed by atoms with Crippen molar-refractivity contribution in [1.29, 1.82) is 0 Å². The molecular weight excluding hydrogens is 390 g/mol. The zero-order valence-electron chi connectivity index (χ0n) is 14.2. The van der Waals surface area contributed by atoms with Crippen LogP contribution in [0.4, 0.5) is 0 Å². The highest BCUT2D eigenvalue weighted by Crippen LogP contribution is 2.26. The number of rotatable bonds is 3. The van der Waals surface area contributed by atoms with Crippen molar-refractivity contribution in [2.24, 2.45) is 0 Å². The monoisotopic (exact) mass is 411 g/mol. The molecule has 1 amide bonds. The van der Waals surface area contributed by atoms with Crippen molar-refractivity contribution in [2.45, 2.75) is 32.7 Å². The minimum atomic E-state index is 0.0350. The minimum absolute atomic E-state index is 0.0350. The number of aromatic nitrogens is 1.